The number of amides is 2. The first-order valence-electron chi connectivity index (χ1n) is 10.8. The Bertz CT molecular complexity index is 1050. The fourth-order valence-corrected chi connectivity index (χ4v) is 4.83. The minimum atomic E-state index is -1.07. The van der Waals surface area contributed by atoms with Crippen molar-refractivity contribution in [3.8, 4) is 0 Å². The van der Waals surface area contributed by atoms with Gasteiger partial charge >= 0.3 is 5.97 Å². The lowest BCUT2D eigenvalue weighted by Crippen LogP contribution is -2.40. The van der Waals surface area contributed by atoms with E-state index in [1.165, 1.54) is 4.90 Å². The molecule has 0 bridgehead atoms. The van der Waals surface area contributed by atoms with Crippen LogP contribution in [-0.4, -0.2) is 53.1 Å². The molecule has 5 N–H and O–H groups in total. The van der Waals surface area contributed by atoms with Crippen LogP contribution in [0.1, 0.15) is 15.9 Å². The fourth-order valence-electron chi connectivity index (χ4n) is 3.52. The molecule has 34 heavy (non-hydrogen) atoms. The van der Waals surface area contributed by atoms with Gasteiger partial charge in [-0.3, -0.25) is 24.6 Å². The lowest BCUT2D eigenvalue weighted by atomic mass is 10.1. The number of carbonyl (C=O) groups excluding carboxylic acids is 2. The Morgan fingerprint density at radius 1 is 1.09 bits per heavy atom. The Morgan fingerprint density at radius 3 is 2.47 bits per heavy atom. The molecule has 2 amide bonds. The fraction of sp³-hybridized carbons (Fsp3) is 0.240. The Balaban J connectivity index is 0.000000212. The molecule has 8 nitrogen and oxygen atoms in total. The van der Waals surface area contributed by atoms with Crippen LogP contribution in [0.2, 0.25) is 0 Å². The number of nitrogens with two attached hydrogens (primary N) is 1. The van der Waals surface area contributed by atoms with E-state index >= 15 is 0 Å². The van der Waals surface area contributed by atoms with Crippen LogP contribution in [0.4, 0.5) is 5.69 Å². The molecule has 1 aliphatic carbocycles. The monoisotopic (exact) mass is 480 g/mol. The van der Waals surface area contributed by atoms with Crippen LogP contribution in [0, 0.1) is 0 Å². The van der Waals surface area contributed by atoms with Crippen molar-refractivity contribution in [2.24, 2.45) is 5.73 Å². The van der Waals surface area contributed by atoms with Crippen molar-refractivity contribution < 1.29 is 19.5 Å². The van der Waals surface area contributed by atoms with E-state index in [1.807, 2.05) is 24.3 Å². The summed E-state index contributed by atoms with van der Waals surface area (Å²) in [5, 5.41) is 15.2. The topological polar surface area (TPSA) is 125 Å². The van der Waals surface area contributed by atoms with Gasteiger partial charge in [-0.15, -0.1) is 11.8 Å². The SMILES string of the molecule is CNC(=O)C1NC2C=CC=CC2S1.NCc1cccc(C(=O)N(CC(=O)O)c2ccccc2)c1. The van der Waals surface area contributed by atoms with E-state index in [1.54, 1.807) is 61.3 Å². The number of nitrogens with zero attached hydrogens (tertiary/aromatic N) is 1. The molecule has 2 aromatic carbocycles. The van der Waals surface area contributed by atoms with Crippen molar-refractivity contribution in [3.05, 3.63) is 90.0 Å². The van der Waals surface area contributed by atoms with Crippen LogP contribution in [0.15, 0.2) is 78.9 Å². The van der Waals surface area contributed by atoms with E-state index in [4.69, 9.17) is 10.8 Å². The van der Waals surface area contributed by atoms with Crippen LogP contribution in [0.5, 0.6) is 0 Å². The third-order valence-corrected chi connectivity index (χ3v) is 6.61. The summed E-state index contributed by atoms with van der Waals surface area (Å²) in [6.45, 7) is -0.0684. The minimum absolute atomic E-state index is 0.0567. The largest absolute Gasteiger partial charge is 0.480 e. The van der Waals surface area contributed by atoms with E-state index in [9.17, 15) is 14.4 Å². The molecule has 1 aliphatic heterocycles. The molecule has 178 valence electrons. The molecule has 3 unspecified atom stereocenters. The maximum Gasteiger partial charge on any atom is 0.323 e. The molecule has 3 atom stereocenters. The molecule has 2 aliphatic rings. The van der Waals surface area contributed by atoms with Crippen molar-refractivity contribution in [1.29, 1.82) is 0 Å². The second kappa shape index (κ2) is 12.2. The number of allylic oxidation sites excluding steroid dienone is 2. The third kappa shape index (κ3) is 6.57. The molecule has 2 aromatic rings. The van der Waals surface area contributed by atoms with Gasteiger partial charge in [-0.05, 0) is 29.8 Å². The van der Waals surface area contributed by atoms with E-state index in [2.05, 4.69) is 22.8 Å². The van der Waals surface area contributed by atoms with Crippen LogP contribution >= 0.6 is 11.8 Å². The Labute approximate surface area is 202 Å². The van der Waals surface area contributed by atoms with E-state index in [-0.39, 0.29) is 17.2 Å². The summed E-state index contributed by atoms with van der Waals surface area (Å²) in [5.41, 5.74) is 7.36. The minimum Gasteiger partial charge on any atom is -0.480 e. The zero-order chi connectivity index (χ0) is 24.5. The number of benzene rings is 2. The van der Waals surface area contributed by atoms with Crippen LogP contribution in [-0.2, 0) is 16.1 Å². The standard InChI is InChI=1S/C16H16N2O3.C9H12N2OS/c17-10-12-5-4-6-13(9-12)16(21)18(11-15(19)20)14-7-2-1-3-8-14;1-10-8(12)9-11-6-4-2-3-5-7(6)13-9/h1-9H,10-11,17H2,(H,19,20);2-7,9,11H,1H3,(H,10,12). The van der Waals surface area contributed by atoms with Crippen LogP contribution in [0.3, 0.4) is 0 Å². The number of rotatable bonds is 6. The number of thioether (sulfide) groups is 1. The number of fused-ring (bicyclic) bond motifs is 1. The lowest BCUT2D eigenvalue weighted by Gasteiger charge is -2.21. The molecule has 9 heteroatoms. The van der Waals surface area contributed by atoms with Gasteiger partial charge in [0.2, 0.25) is 5.91 Å². The number of likely N-dealkylation sites (N-methyl/N-ethyl adjacent to an activating group) is 1. The van der Waals surface area contributed by atoms with Gasteiger partial charge in [-0.25, -0.2) is 0 Å². The van der Waals surface area contributed by atoms with Gasteiger partial charge in [0, 0.05) is 36.1 Å². The Hall–Kier alpha value is -3.40. The summed E-state index contributed by atoms with van der Waals surface area (Å²) in [4.78, 5) is 36.1. The van der Waals surface area contributed by atoms with Crippen molar-refractivity contribution in [1.82, 2.24) is 10.6 Å². The van der Waals surface area contributed by atoms with Gasteiger partial charge in [0.05, 0.1) is 0 Å². The molecular weight excluding hydrogens is 452 g/mol. The summed E-state index contributed by atoms with van der Waals surface area (Å²) >= 11 is 1.67. The summed E-state index contributed by atoms with van der Waals surface area (Å²) in [6, 6.07) is 15.9. The van der Waals surface area contributed by atoms with Crippen molar-refractivity contribution in [2.45, 2.75) is 23.2 Å². The van der Waals surface area contributed by atoms with Crippen LogP contribution < -0.4 is 21.3 Å². The van der Waals surface area contributed by atoms with E-state index < -0.39 is 12.5 Å². The predicted molar refractivity (Wildman–Crippen MR) is 135 cm³/mol. The number of hydrogen-bond donors (Lipinski definition) is 4. The van der Waals surface area contributed by atoms with Crippen molar-refractivity contribution in [2.75, 3.05) is 18.5 Å². The number of para-hydroxylation sites is 1. The Kier molecular flexibility index (Phi) is 9.03. The predicted octanol–water partition coefficient (Wildman–Crippen LogP) is 2.13. The van der Waals surface area contributed by atoms with Gasteiger partial charge in [-0.1, -0.05) is 54.6 Å². The lowest BCUT2D eigenvalue weighted by molar-refractivity contribution is -0.135. The van der Waals surface area contributed by atoms with Gasteiger partial charge in [0.1, 0.15) is 11.9 Å². The van der Waals surface area contributed by atoms with E-state index in [0.717, 1.165) is 5.56 Å². The maximum atomic E-state index is 12.6. The highest BCUT2D eigenvalue weighted by molar-refractivity contribution is 8.01. The number of carboxylic acids is 1. The normalized spacial score (nSPS) is 20.0. The molecule has 0 spiro atoms. The quantitative estimate of drug-likeness (QED) is 0.499. The van der Waals surface area contributed by atoms with Gasteiger partial charge in [0.25, 0.3) is 5.91 Å². The summed E-state index contributed by atoms with van der Waals surface area (Å²) in [7, 11) is 1.66. The van der Waals surface area contributed by atoms with E-state index in [0.29, 0.717) is 29.1 Å². The molecule has 1 fully saturated rings. The average molecular weight is 481 g/mol. The number of aliphatic carboxylic acids is 1. The smallest absolute Gasteiger partial charge is 0.323 e. The average Bonchev–Trinajstić information content (AvgIpc) is 3.32. The van der Waals surface area contributed by atoms with Crippen molar-refractivity contribution in [3.63, 3.8) is 0 Å². The zero-order valence-corrected chi connectivity index (χ0v) is 19.6. The highest BCUT2D eigenvalue weighted by Crippen LogP contribution is 2.30. The summed E-state index contributed by atoms with van der Waals surface area (Å²) in [5.74, 6) is -1.37. The van der Waals surface area contributed by atoms with Gasteiger partial charge in [-0.2, -0.15) is 0 Å². The first kappa shape index (κ1) is 25.2. The summed E-state index contributed by atoms with van der Waals surface area (Å²) < 4.78 is 0. The number of carbonyl (C=O) groups is 3. The molecule has 1 heterocycles. The van der Waals surface area contributed by atoms with Crippen molar-refractivity contribution >= 4 is 35.2 Å². The molecule has 0 radical (unpaired) electrons. The number of nitrogens with one attached hydrogen (secondary N) is 2. The molecule has 4 rings (SSSR count). The number of carboxylic acid groups (broad SMARTS) is 1. The van der Waals surface area contributed by atoms with Gasteiger partial charge in [0.15, 0.2) is 0 Å². The first-order chi connectivity index (χ1) is 16.4. The molecular formula is C25H28N4O4S. The second-order valence-electron chi connectivity index (χ2n) is 7.58. The first-order valence-corrected chi connectivity index (χ1v) is 11.7. The summed E-state index contributed by atoms with van der Waals surface area (Å²) in [6.07, 6.45) is 8.27. The Morgan fingerprint density at radius 2 is 1.82 bits per heavy atom. The van der Waals surface area contributed by atoms with Crippen LogP contribution in [0.25, 0.3) is 0 Å². The molecule has 1 saturated heterocycles. The zero-order valence-electron chi connectivity index (χ0n) is 18.8. The number of hydrogen-bond acceptors (Lipinski definition) is 6. The second-order valence-corrected chi connectivity index (χ2v) is 8.87. The maximum absolute atomic E-state index is 12.6. The van der Waals surface area contributed by atoms with Gasteiger partial charge < -0.3 is 16.2 Å². The third-order valence-electron chi connectivity index (χ3n) is 5.22. The highest BCUT2D eigenvalue weighted by Gasteiger charge is 2.35. The highest BCUT2D eigenvalue weighted by atomic mass is 32.2. The number of anilines is 1. The molecule has 0 saturated carbocycles. The molecule has 0 aromatic heterocycles.